The molecule has 3 rings (SSSR count). The van der Waals surface area contributed by atoms with Crippen molar-refractivity contribution in [2.24, 2.45) is 13.0 Å². The van der Waals surface area contributed by atoms with E-state index in [1.807, 2.05) is 11.9 Å². The number of likely N-dealkylation sites (tertiary alicyclic amines) is 1. The summed E-state index contributed by atoms with van der Waals surface area (Å²) in [6, 6.07) is 6.18. The summed E-state index contributed by atoms with van der Waals surface area (Å²) >= 11 is 1.36. The second kappa shape index (κ2) is 7.86. The number of nitrogens with zero attached hydrogens (tertiary/aromatic N) is 5. The van der Waals surface area contributed by atoms with Crippen LogP contribution in [0.5, 0.6) is 0 Å². The zero-order valence-electron chi connectivity index (χ0n) is 14.8. The largest absolute Gasteiger partial charge is 0.342 e. The van der Waals surface area contributed by atoms with Gasteiger partial charge in [0, 0.05) is 37.8 Å². The van der Waals surface area contributed by atoms with Crippen molar-refractivity contribution in [1.82, 2.24) is 19.7 Å². The minimum atomic E-state index is -0.436. The van der Waals surface area contributed by atoms with Crippen LogP contribution in [0.1, 0.15) is 19.8 Å². The van der Waals surface area contributed by atoms with Crippen molar-refractivity contribution < 1.29 is 9.72 Å². The number of benzene rings is 1. The Bertz CT molecular complexity index is 797. The number of carbonyl (C=O) groups excluding carboxylic acids is 1. The molecule has 2 heterocycles. The summed E-state index contributed by atoms with van der Waals surface area (Å²) in [5.74, 6) is 1.76. The fourth-order valence-corrected chi connectivity index (χ4v) is 3.71. The lowest BCUT2D eigenvalue weighted by atomic mass is 9.99. The molecule has 0 N–H and O–H groups in total. The van der Waals surface area contributed by atoms with Gasteiger partial charge in [-0.1, -0.05) is 18.7 Å². The van der Waals surface area contributed by atoms with Gasteiger partial charge in [0.05, 0.1) is 10.7 Å². The van der Waals surface area contributed by atoms with Crippen LogP contribution >= 0.6 is 11.8 Å². The predicted octanol–water partition coefficient (Wildman–Crippen LogP) is 2.74. The second-order valence-corrected chi connectivity index (χ2v) is 7.46. The van der Waals surface area contributed by atoms with Crippen LogP contribution in [0, 0.1) is 16.0 Å². The smallest absolute Gasteiger partial charge is 0.269 e. The fraction of sp³-hybridized carbons (Fsp3) is 0.471. The molecule has 0 spiro atoms. The standard InChI is InChI=1S/C17H21N5O3S/c1-12-7-9-21(10-8-12)15(23)11-26-17-19-18-16(20(17)2)13-3-5-14(6-4-13)22(24)25/h3-6,12H,7-11H2,1-2H3. The molecule has 0 saturated carbocycles. The van der Waals surface area contributed by atoms with Gasteiger partial charge in [-0.3, -0.25) is 14.9 Å². The highest BCUT2D eigenvalue weighted by molar-refractivity contribution is 7.99. The predicted molar refractivity (Wildman–Crippen MR) is 98.8 cm³/mol. The number of piperidine rings is 1. The number of nitro benzene ring substituents is 1. The van der Waals surface area contributed by atoms with Crippen molar-refractivity contribution in [1.29, 1.82) is 0 Å². The first-order chi connectivity index (χ1) is 12.5. The summed E-state index contributed by atoms with van der Waals surface area (Å²) in [6.45, 7) is 3.87. The highest BCUT2D eigenvalue weighted by atomic mass is 32.2. The third-order valence-electron chi connectivity index (χ3n) is 4.63. The molecule has 1 aromatic carbocycles. The van der Waals surface area contributed by atoms with Gasteiger partial charge in [0.2, 0.25) is 5.91 Å². The molecule has 8 nitrogen and oxygen atoms in total. The molecule has 1 saturated heterocycles. The van der Waals surface area contributed by atoms with Crippen molar-refractivity contribution in [3.05, 3.63) is 34.4 Å². The number of thioether (sulfide) groups is 1. The maximum absolute atomic E-state index is 12.4. The third kappa shape index (κ3) is 4.04. The molecule has 1 amide bonds. The summed E-state index contributed by atoms with van der Waals surface area (Å²) in [7, 11) is 1.83. The first-order valence-corrected chi connectivity index (χ1v) is 9.49. The van der Waals surface area contributed by atoms with E-state index in [0.29, 0.717) is 22.7 Å². The number of rotatable bonds is 5. The maximum Gasteiger partial charge on any atom is 0.269 e. The molecule has 0 atom stereocenters. The van der Waals surface area contributed by atoms with Gasteiger partial charge in [-0.05, 0) is 30.9 Å². The van der Waals surface area contributed by atoms with Crippen molar-refractivity contribution >= 4 is 23.4 Å². The summed E-state index contributed by atoms with van der Waals surface area (Å²) in [6.07, 6.45) is 2.12. The van der Waals surface area contributed by atoms with Crippen molar-refractivity contribution in [2.75, 3.05) is 18.8 Å². The van der Waals surface area contributed by atoms with Crippen molar-refractivity contribution in [3.8, 4) is 11.4 Å². The van der Waals surface area contributed by atoms with Gasteiger partial charge in [-0.25, -0.2) is 0 Å². The van der Waals surface area contributed by atoms with Crippen LogP contribution in [0.4, 0.5) is 5.69 Å². The molecule has 1 aliphatic rings. The van der Waals surface area contributed by atoms with Crippen LogP contribution in [-0.4, -0.2) is 49.3 Å². The lowest BCUT2D eigenvalue weighted by Gasteiger charge is -2.30. The lowest BCUT2D eigenvalue weighted by Crippen LogP contribution is -2.38. The van der Waals surface area contributed by atoms with Crippen LogP contribution in [0.15, 0.2) is 29.4 Å². The number of hydrogen-bond donors (Lipinski definition) is 0. The average Bonchev–Trinajstić information content (AvgIpc) is 3.01. The number of nitro groups is 1. The first kappa shape index (κ1) is 18.4. The minimum absolute atomic E-state index is 0.0342. The van der Waals surface area contributed by atoms with E-state index in [-0.39, 0.29) is 11.6 Å². The molecule has 26 heavy (non-hydrogen) atoms. The van der Waals surface area contributed by atoms with E-state index in [1.165, 1.54) is 23.9 Å². The Labute approximate surface area is 155 Å². The third-order valence-corrected chi connectivity index (χ3v) is 5.64. The summed E-state index contributed by atoms with van der Waals surface area (Å²) < 4.78 is 1.80. The molecule has 1 aromatic heterocycles. The van der Waals surface area contributed by atoms with Gasteiger partial charge in [0.25, 0.3) is 5.69 Å². The highest BCUT2D eigenvalue weighted by Crippen LogP contribution is 2.25. The van der Waals surface area contributed by atoms with Gasteiger partial charge in [-0.15, -0.1) is 10.2 Å². The first-order valence-electron chi connectivity index (χ1n) is 8.50. The number of aromatic nitrogens is 3. The molecule has 9 heteroatoms. The Hall–Kier alpha value is -2.42. The Kier molecular flexibility index (Phi) is 5.55. The van der Waals surface area contributed by atoms with E-state index in [1.54, 1.807) is 16.7 Å². The average molecular weight is 375 g/mol. The normalized spacial score (nSPS) is 15.2. The molecule has 0 unspecified atom stereocenters. The molecule has 2 aromatic rings. The number of carbonyl (C=O) groups is 1. The quantitative estimate of drug-likeness (QED) is 0.453. The van der Waals surface area contributed by atoms with Gasteiger partial charge in [0.1, 0.15) is 0 Å². The number of non-ortho nitro benzene ring substituents is 1. The van der Waals surface area contributed by atoms with Crippen LogP contribution in [0.3, 0.4) is 0 Å². The lowest BCUT2D eigenvalue weighted by molar-refractivity contribution is -0.384. The molecule has 0 aliphatic carbocycles. The minimum Gasteiger partial charge on any atom is -0.342 e. The van der Waals surface area contributed by atoms with Crippen LogP contribution < -0.4 is 0 Å². The summed E-state index contributed by atoms with van der Waals surface area (Å²) in [5, 5.41) is 19.7. The summed E-state index contributed by atoms with van der Waals surface area (Å²) in [4.78, 5) is 24.6. The van der Waals surface area contributed by atoms with Crippen LogP contribution in [0.25, 0.3) is 11.4 Å². The van der Waals surface area contributed by atoms with Gasteiger partial charge in [0.15, 0.2) is 11.0 Å². The maximum atomic E-state index is 12.4. The Morgan fingerprint density at radius 3 is 2.54 bits per heavy atom. The molecule has 0 bridgehead atoms. The number of amides is 1. The zero-order chi connectivity index (χ0) is 18.7. The SMILES string of the molecule is CC1CCN(C(=O)CSc2nnc(-c3ccc([N+](=O)[O-])cc3)n2C)CC1. The van der Waals surface area contributed by atoms with E-state index in [2.05, 4.69) is 17.1 Å². The van der Waals surface area contributed by atoms with E-state index in [4.69, 9.17) is 0 Å². The summed E-state index contributed by atoms with van der Waals surface area (Å²) in [5.41, 5.74) is 0.778. The molecule has 138 valence electrons. The molecular weight excluding hydrogens is 354 g/mol. The molecule has 0 radical (unpaired) electrons. The fourth-order valence-electron chi connectivity index (χ4n) is 2.90. The van der Waals surface area contributed by atoms with Gasteiger partial charge < -0.3 is 9.47 Å². The Balaban J connectivity index is 1.63. The van der Waals surface area contributed by atoms with E-state index < -0.39 is 4.92 Å². The van der Waals surface area contributed by atoms with E-state index in [9.17, 15) is 14.9 Å². The molecule has 1 aliphatic heterocycles. The highest BCUT2D eigenvalue weighted by Gasteiger charge is 2.21. The zero-order valence-corrected chi connectivity index (χ0v) is 15.6. The molecular formula is C17H21N5O3S. The Morgan fingerprint density at radius 2 is 1.92 bits per heavy atom. The topological polar surface area (TPSA) is 94.2 Å². The van der Waals surface area contributed by atoms with Gasteiger partial charge >= 0.3 is 0 Å². The second-order valence-electron chi connectivity index (χ2n) is 6.52. The van der Waals surface area contributed by atoms with Crippen LogP contribution in [-0.2, 0) is 11.8 Å². The molecule has 1 fully saturated rings. The Morgan fingerprint density at radius 1 is 1.27 bits per heavy atom. The van der Waals surface area contributed by atoms with Gasteiger partial charge in [-0.2, -0.15) is 0 Å². The van der Waals surface area contributed by atoms with Crippen molar-refractivity contribution in [2.45, 2.75) is 24.9 Å². The van der Waals surface area contributed by atoms with Crippen molar-refractivity contribution in [3.63, 3.8) is 0 Å². The monoisotopic (exact) mass is 375 g/mol. The van der Waals surface area contributed by atoms with E-state index >= 15 is 0 Å². The number of hydrogen-bond acceptors (Lipinski definition) is 6. The van der Waals surface area contributed by atoms with E-state index in [0.717, 1.165) is 31.5 Å². The van der Waals surface area contributed by atoms with Crippen LogP contribution in [0.2, 0.25) is 0 Å².